The maximum Gasteiger partial charge on any atom is 0.295 e. The van der Waals surface area contributed by atoms with Crippen LogP contribution in [-0.2, 0) is 6.42 Å². The highest BCUT2D eigenvalue weighted by atomic mass is 16.6. The molecule has 1 heterocycles. The number of hydrogen-bond donors (Lipinski definition) is 1. The number of hydrogen-bond acceptors (Lipinski definition) is 4. The van der Waals surface area contributed by atoms with Gasteiger partial charge in [0.2, 0.25) is 0 Å². The molecule has 1 aromatic carbocycles. The topological polar surface area (TPSA) is 68.1 Å². The lowest BCUT2D eigenvalue weighted by atomic mass is 9.99. The molecule has 20 heavy (non-hydrogen) atoms. The van der Waals surface area contributed by atoms with E-state index in [0.29, 0.717) is 11.6 Å². The quantitative estimate of drug-likeness (QED) is 0.670. The first kappa shape index (κ1) is 13.0. The minimum absolute atomic E-state index is 0.0804. The Balaban J connectivity index is 2.02. The Morgan fingerprint density at radius 1 is 1.45 bits per heavy atom. The third kappa shape index (κ3) is 2.36. The first-order valence-corrected chi connectivity index (χ1v) is 6.89. The van der Waals surface area contributed by atoms with Crippen molar-refractivity contribution in [2.24, 2.45) is 5.92 Å². The number of aromatic nitrogens is 1. The molecule has 3 rings (SSSR count). The molecule has 104 valence electrons. The average Bonchev–Trinajstić information content (AvgIpc) is 3.28. The van der Waals surface area contributed by atoms with Crippen molar-refractivity contribution < 1.29 is 4.92 Å². The zero-order chi connectivity index (χ0) is 14.1. The van der Waals surface area contributed by atoms with Crippen molar-refractivity contribution in [3.05, 3.63) is 46.1 Å². The van der Waals surface area contributed by atoms with E-state index in [1.165, 1.54) is 18.9 Å². The average molecular weight is 271 g/mol. The van der Waals surface area contributed by atoms with Crippen LogP contribution in [0.1, 0.15) is 18.4 Å². The number of rotatable bonds is 5. The number of pyridine rings is 1. The van der Waals surface area contributed by atoms with Crippen LogP contribution in [0.25, 0.3) is 10.9 Å². The van der Waals surface area contributed by atoms with Crippen LogP contribution in [0.5, 0.6) is 0 Å². The molecule has 1 saturated carbocycles. The summed E-state index contributed by atoms with van der Waals surface area (Å²) >= 11 is 0. The summed E-state index contributed by atoms with van der Waals surface area (Å²) in [4.78, 5) is 14.9. The Morgan fingerprint density at radius 3 is 2.90 bits per heavy atom. The highest BCUT2D eigenvalue weighted by molar-refractivity contribution is 5.89. The molecular weight excluding hydrogens is 254 g/mol. The summed E-state index contributed by atoms with van der Waals surface area (Å²) in [5, 5.41) is 15.3. The van der Waals surface area contributed by atoms with Crippen molar-refractivity contribution in [2.45, 2.75) is 25.3 Å². The molecule has 0 radical (unpaired) electrons. The Morgan fingerprint density at radius 2 is 2.25 bits per heavy atom. The zero-order valence-electron chi connectivity index (χ0n) is 11.4. The molecule has 0 bridgehead atoms. The van der Waals surface area contributed by atoms with Crippen molar-refractivity contribution in [3.8, 4) is 0 Å². The monoisotopic (exact) mass is 271 g/mol. The number of nitrogens with one attached hydrogen (secondary N) is 1. The van der Waals surface area contributed by atoms with E-state index in [0.717, 1.165) is 23.3 Å². The molecule has 1 atom stereocenters. The maximum atomic E-state index is 11.1. The third-order valence-corrected chi connectivity index (χ3v) is 4.04. The lowest BCUT2D eigenvalue weighted by molar-refractivity contribution is -0.383. The van der Waals surface area contributed by atoms with Crippen LogP contribution in [0, 0.1) is 16.0 Å². The van der Waals surface area contributed by atoms with Crippen LogP contribution in [0.15, 0.2) is 30.5 Å². The van der Waals surface area contributed by atoms with E-state index in [-0.39, 0.29) is 10.6 Å². The van der Waals surface area contributed by atoms with Gasteiger partial charge in [0, 0.05) is 23.7 Å². The highest BCUT2D eigenvalue weighted by Gasteiger charge is 2.30. The predicted molar refractivity (Wildman–Crippen MR) is 77.7 cm³/mol. The molecule has 0 aliphatic heterocycles. The van der Waals surface area contributed by atoms with Gasteiger partial charge in [0.25, 0.3) is 5.69 Å². The van der Waals surface area contributed by atoms with Crippen LogP contribution >= 0.6 is 0 Å². The maximum absolute atomic E-state index is 11.1. The molecule has 0 spiro atoms. The minimum Gasteiger partial charge on any atom is -0.316 e. The summed E-state index contributed by atoms with van der Waals surface area (Å²) in [6.45, 7) is 0. The fraction of sp³-hybridized carbons (Fsp3) is 0.400. The molecular formula is C15H17N3O2. The molecule has 2 aromatic rings. The minimum atomic E-state index is -0.366. The normalized spacial score (nSPS) is 16.2. The molecule has 1 N–H and O–H groups in total. The highest BCUT2D eigenvalue weighted by Crippen LogP contribution is 2.35. The second-order valence-corrected chi connectivity index (χ2v) is 5.34. The van der Waals surface area contributed by atoms with Gasteiger partial charge in [0.15, 0.2) is 0 Å². The van der Waals surface area contributed by atoms with Crippen molar-refractivity contribution >= 4 is 16.6 Å². The number of nitrogens with zero attached hydrogens (tertiary/aromatic N) is 2. The summed E-state index contributed by atoms with van der Waals surface area (Å²) < 4.78 is 0. The van der Waals surface area contributed by atoms with Crippen LogP contribution in [0.3, 0.4) is 0 Å². The summed E-state index contributed by atoms with van der Waals surface area (Å²) in [6, 6.07) is 7.58. The van der Waals surface area contributed by atoms with Gasteiger partial charge in [-0.05, 0) is 43.9 Å². The molecule has 1 aliphatic rings. The Hall–Kier alpha value is -2.01. The largest absolute Gasteiger partial charge is 0.316 e. The Labute approximate surface area is 117 Å². The van der Waals surface area contributed by atoms with Gasteiger partial charge in [0.1, 0.15) is 5.52 Å². The molecule has 1 aliphatic carbocycles. The molecule has 1 unspecified atom stereocenters. The number of likely N-dealkylation sites (N-methyl/N-ethyl adjacent to an activating group) is 1. The summed E-state index contributed by atoms with van der Waals surface area (Å²) in [5.74, 6) is 0.738. The predicted octanol–water partition coefficient (Wildman–Crippen LogP) is 2.68. The van der Waals surface area contributed by atoms with E-state index in [4.69, 9.17) is 0 Å². The molecule has 0 amide bonds. The number of benzene rings is 1. The first-order valence-electron chi connectivity index (χ1n) is 6.89. The van der Waals surface area contributed by atoms with Gasteiger partial charge in [0.05, 0.1) is 4.92 Å². The van der Waals surface area contributed by atoms with Gasteiger partial charge < -0.3 is 5.32 Å². The van der Waals surface area contributed by atoms with Gasteiger partial charge in [-0.15, -0.1) is 0 Å². The van der Waals surface area contributed by atoms with Gasteiger partial charge in [-0.2, -0.15) is 0 Å². The lowest BCUT2D eigenvalue weighted by Gasteiger charge is -2.16. The van der Waals surface area contributed by atoms with E-state index >= 15 is 0 Å². The first-order chi connectivity index (χ1) is 9.70. The van der Waals surface area contributed by atoms with Crippen molar-refractivity contribution in [1.29, 1.82) is 0 Å². The summed E-state index contributed by atoms with van der Waals surface area (Å²) in [5.41, 5.74) is 1.70. The fourth-order valence-electron chi connectivity index (χ4n) is 2.78. The summed E-state index contributed by atoms with van der Waals surface area (Å²) in [7, 11) is 1.98. The fourth-order valence-corrected chi connectivity index (χ4v) is 2.78. The number of nitro groups is 1. The van der Waals surface area contributed by atoms with Gasteiger partial charge in [-0.1, -0.05) is 12.1 Å². The molecule has 5 heteroatoms. The van der Waals surface area contributed by atoms with Crippen LogP contribution < -0.4 is 5.32 Å². The number of nitro benzene ring substituents is 1. The molecule has 5 nitrogen and oxygen atoms in total. The molecule has 0 saturated heterocycles. The van der Waals surface area contributed by atoms with Gasteiger partial charge >= 0.3 is 0 Å². The molecule has 1 fully saturated rings. The summed E-state index contributed by atoms with van der Waals surface area (Å²) in [6.07, 6.45) is 5.11. The van der Waals surface area contributed by atoms with E-state index in [1.54, 1.807) is 12.3 Å². The number of non-ortho nitro benzene ring substituents is 1. The SMILES string of the molecule is CNC(Cc1ccnc2c([N+](=O)[O-])cccc12)C1CC1. The van der Waals surface area contributed by atoms with E-state index in [1.807, 2.05) is 19.2 Å². The zero-order valence-corrected chi connectivity index (χ0v) is 11.4. The van der Waals surface area contributed by atoms with Crippen molar-refractivity contribution in [2.75, 3.05) is 7.05 Å². The number of para-hydroxylation sites is 1. The second kappa shape index (κ2) is 5.17. The standard InChI is InChI=1S/C15H17N3O2/c1-16-13(10-5-6-10)9-11-7-8-17-15-12(11)3-2-4-14(15)18(19)20/h2-4,7-8,10,13,16H,5-6,9H2,1H3. The third-order valence-electron chi connectivity index (χ3n) is 4.04. The Bertz CT molecular complexity index is 653. The molecule has 1 aromatic heterocycles. The van der Waals surface area contributed by atoms with Gasteiger partial charge in [-0.25, -0.2) is 4.98 Å². The van der Waals surface area contributed by atoms with E-state index in [9.17, 15) is 10.1 Å². The van der Waals surface area contributed by atoms with Crippen molar-refractivity contribution in [1.82, 2.24) is 10.3 Å². The van der Waals surface area contributed by atoms with E-state index in [2.05, 4.69) is 10.3 Å². The second-order valence-electron chi connectivity index (χ2n) is 5.34. The van der Waals surface area contributed by atoms with Crippen molar-refractivity contribution in [3.63, 3.8) is 0 Å². The van der Waals surface area contributed by atoms with Crippen LogP contribution in [0.4, 0.5) is 5.69 Å². The lowest BCUT2D eigenvalue weighted by Crippen LogP contribution is -2.29. The smallest absolute Gasteiger partial charge is 0.295 e. The van der Waals surface area contributed by atoms with Crippen LogP contribution in [0.2, 0.25) is 0 Å². The van der Waals surface area contributed by atoms with E-state index < -0.39 is 0 Å². The van der Waals surface area contributed by atoms with Gasteiger partial charge in [-0.3, -0.25) is 10.1 Å². The number of fused-ring (bicyclic) bond motifs is 1. The van der Waals surface area contributed by atoms with Crippen LogP contribution in [-0.4, -0.2) is 23.0 Å². The Kier molecular flexibility index (Phi) is 3.36.